The van der Waals surface area contributed by atoms with Gasteiger partial charge in [-0.2, -0.15) is 0 Å². The zero-order valence-corrected chi connectivity index (χ0v) is 11.2. The molecule has 104 valence electrons. The third-order valence-electron chi connectivity index (χ3n) is 3.02. The molecule has 0 spiro atoms. The summed E-state index contributed by atoms with van der Waals surface area (Å²) in [6, 6.07) is 15.3. The van der Waals surface area contributed by atoms with E-state index in [2.05, 4.69) is 10.3 Å². The lowest BCUT2D eigenvalue weighted by atomic mass is 10.1. The van der Waals surface area contributed by atoms with Crippen molar-refractivity contribution < 1.29 is 9.90 Å². The van der Waals surface area contributed by atoms with E-state index < -0.39 is 6.10 Å². The van der Waals surface area contributed by atoms with E-state index >= 15 is 0 Å². The molecule has 0 bridgehead atoms. The number of rotatable bonds is 6. The molecule has 0 aliphatic heterocycles. The van der Waals surface area contributed by atoms with Crippen LogP contribution in [0.25, 0.3) is 0 Å². The summed E-state index contributed by atoms with van der Waals surface area (Å²) in [5, 5.41) is 12.5. The van der Waals surface area contributed by atoms with Gasteiger partial charge in [0.15, 0.2) is 0 Å². The van der Waals surface area contributed by atoms with E-state index in [0.717, 1.165) is 11.3 Å². The summed E-state index contributed by atoms with van der Waals surface area (Å²) in [5.41, 5.74) is 1.89. The average Bonchev–Trinajstić information content (AvgIpc) is 2.52. The predicted octanol–water partition coefficient (Wildman–Crippen LogP) is 1.69. The molecule has 0 saturated heterocycles. The molecule has 0 aliphatic carbocycles. The number of pyridine rings is 1. The van der Waals surface area contributed by atoms with Gasteiger partial charge in [0.2, 0.25) is 5.91 Å². The number of aryl methyl sites for hydroxylation is 1. The first kappa shape index (κ1) is 14.2. The van der Waals surface area contributed by atoms with Crippen LogP contribution in [-0.4, -0.2) is 22.1 Å². The van der Waals surface area contributed by atoms with E-state index in [0.29, 0.717) is 19.4 Å². The molecule has 20 heavy (non-hydrogen) atoms. The van der Waals surface area contributed by atoms with Gasteiger partial charge in [-0.15, -0.1) is 0 Å². The summed E-state index contributed by atoms with van der Waals surface area (Å²) in [6.07, 6.45) is 1.78. The first-order valence-electron chi connectivity index (χ1n) is 6.65. The van der Waals surface area contributed by atoms with E-state index in [9.17, 15) is 9.90 Å². The van der Waals surface area contributed by atoms with Crippen LogP contribution in [0.5, 0.6) is 0 Å². The van der Waals surface area contributed by atoms with E-state index in [1.54, 1.807) is 6.20 Å². The Kier molecular flexibility index (Phi) is 5.26. The molecule has 4 nitrogen and oxygen atoms in total. The number of carbonyl (C=O) groups is 1. The molecule has 2 N–H and O–H groups in total. The van der Waals surface area contributed by atoms with Crippen molar-refractivity contribution in [3.05, 3.63) is 66.0 Å². The van der Waals surface area contributed by atoms with Crippen LogP contribution in [-0.2, 0) is 17.8 Å². The van der Waals surface area contributed by atoms with Crippen molar-refractivity contribution in [3.63, 3.8) is 0 Å². The lowest BCUT2D eigenvalue weighted by Gasteiger charge is -2.11. The molecule has 1 atom stereocenters. The van der Waals surface area contributed by atoms with Crippen LogP contribution in [0, 0.1) is 0 Å². The topological polar surface area (TPSA) is 62.2 Å². The Morgan fingerprint density at radius 2 is 1.90 bits per heavy atom. The van der Waals surface area contributed by atoms with Crippen molar-refractivity contribution >= 4 is 5.91 Å². The maximum absolute atomic E-state index is 11.7. The SMILES string of the molecule is O=C(NCc1ccccn1)[C@@H](O)CCc1ccccc1. The number of amides is 1. The number of hydrogen-bond acceptors (Lipinski definition) is 3. The van der Waals surface area contributed by atoms with Gasteiger partial charge in [0.05, 0.1) is 12.2 Å². The van der Waals surface area contributed by atoms with Gasteiger partial charge in [0, 0.05) is 6.20 Å². The number of carbonyl (C=O) groups excluding carboxylic acids is 1. The number of nitrogens with one attached hydrogen (secondary N) is 1. The molecule has 2 rings (SSSR count). The smallest absolute Gasteiger partial charge is 0.249 e. The zero-order chi connectivity index (χ0) is 14.2. The van der Waals surface area contributed by atoms with Crippen molar-refractivity contribution in [2.75, 3.05) is 0 Å². The van der Waals surface area contributed by atoms with Crippen molar-refractivity contribution in [2.45, 2.75) is 25.5 Å². The van der Waals surface area contributed by atoms with Crippen LogP contribution in [0.15, 0.2) is 54.7 Å². The standard InChI is InChI=1S/C16H18N2O2/c19-15(10-9-13-6-2-1-3-7-13)16(20)18-12-14-8-4-5-11-17-14/h1-8,11,15,19H,9-10,12H2,(H,18,20)/t15-/m0/s1. The zero-order valence-electron chi connectivity index (χ0n) is 11.2. The number of benzene rings is 1. The molecule has 1 aromatic carbocycles. The van der Waals surface area contributed by atoms with Crippen molar-refractivity contribution in [1.29, 1.82) is 0 Å². The van der Waals surface area contributed by atoms with Crippen LogP contribution in [0.4, 0.5) is 0 Å². The molecule has 0 radical (unpaired) electrons. The van der Waals surface area contributed by atoms with Gasteiger partial charge in [-0.25, -0.2) is 0 Å². The third-order valence-corrected chi connectivity index (χ3v) is 3.02. The Hall–Kier alpha value is -2.20. The van der Waals surface area contributed by atoms with Crippen molar-refractivity contribution in [2.24, 2.45) is 0 Å². The Labute approximate surface area is 118 Å². The molecule has 1 aromatic heterocycles. The summed E-state index contributed by atoms with van der Waals surface area (Å²) in [6.45, 7) is 0.335. The maximum atomic E-state index is 11.7. The molecule has 0 saturated carbocycles. The highest BCUT2D eigenvalue weighted by molar-refractivity contribution is 5.80. The van der Waals surface area contributed by atoms with Gasteiger partial charge < -0.3 is 10.4 Å². The highest BCUT2D eigenvalue weighted by Gasteiger charge is 2.14. The minimum absolute atomic E-state index is 0.335. The van der Waals surface area contributed by atoms with Gasteiger partial charge in [0.1, 0.15) is 6.10 Å². The summed E-state index contributed by atoms with van der Waals surface area (Å²) in [5.74, 6) is -0.355. The largest absolute Gasteiger partial charge is 0.383 e. The monoisotopic (exact) mass is 270 g/mol. The number of aliphatic hydroxyl groups excluding tert-OH is 1. The number of nitrogens with zero attached hydrogens (tertiary/aromatic N) is 1. The molecule has 0 unspecified atom stereocenters. The second-order valence-corrected chi connectivity index (χ2v) is 4.58. The fourth-order valence-corrected chi connectivity index (χ4v) is 1.88. The number of hydrogen-bond donors (Lipinski definition) is 2. The Bertz CT molecular complexity index is 529. The molecule has 0 aliphatic rings. The van der Waals surface area contributed by atoms with E-state index in [4.69, 9.17) is 0 Å². The van der Waals surface area contributed by atoms with Crippen molar-refractivity contribution in [3.8, 4) is 0 Å². The summed E-state index contributed by atoms with van der Waals surface area (Å²) < 4.78 is 0. The molecule has 0 fully saturated rings. The van der Waals surface area contributed by atoms with Gasteiger partial charge in [-0.3, -0.25) is 9.78 Å². The molecule has 2 aromatic rings. The molecule has 1 amide bonds. The summed E-state index contributed by atoms with van der Waals surface area (Å²) in [7, 11) is 0. The average molecular weight is 270 g/mol. The van der Waals surface area contributed by atoms with Crippen LogP contribution < -0.4 is 5.32 Å². The first-order valence-corrected chi connectivity index (χ1v) is 6.65. The molecule has 1 heterocycles. The van der Waals surface area contributed by atoms with E-state index in [-0.39, 0.29) is 5.91 Å². The fraction of sp³-hybridized carbons (Fsp3) is 0.250. The summed E-state index contributed by atoms with van der Waals surface area (Å²) in [4.78, 5) is 15.9. The van der Waals surface area contributed by atoms with E-state index in [1.165, 1.54) is 0 Å². The lowest BCUT2D eigenvalue weighted by Crippen LogP contribution is -2.34. The van der Waals surface area contributed by atoms with E-state index in [1.807, 2.05) is 48.5 Å². The molecular formula is C16H18N2O2. The quantitative estimate of drug-likeness (QED) is 0.839. The van der Waals surface area contributed by atoms with Crippen LogP contribution >= 0.6 is 0 Å². The van der Waals surface area contributed by atoms with Crippen LogP contribution in [0.3, 0.4) is 0 Å². The highest BCUT2D eigenvalue weighted by atomic mass is 16.3. The third kappa shape index (κ3) is 4.48. The fourth-order valence-electron chi connectivity index (χ4n) is 1.88. The normalized spacial score (nSPS) is 11.8. The van der Waals surface area contributed by atoms with Crippen LogP contribution in [0.1, 0.15) is 17.7 Å². The predicted molar refractivity (Wildman–Crippen MR) is 76.9 cm³/mol. The second-order valence-electron chi connectivity index (χ2n) is 4.58. The molecular weight excluding hydrogens is 252 g/mol. The van der Waals surface area contributed by atoms with Gasteiger partial charge in [-0.05, 0) is 30.5 Å². The minimum Gasteiger partial charge on any atom is -0.383 e. The lowest BCUT2D eigenvalue weighted by molar-refractivity contribution is -0.129. The van der Waals surface area contributed by atoms with Gasteiger partial charge in [0.25, 0.3) is 0 Å². The van der Waals surface area contributed by atoms with Crippen LogP contribution in [0.2, 0.25) is 0 Å². The number of aliphatic hydroxyl groups is 1. The Morgan fingerprint density at radius 1 is 1.15 bits per heavy atom. The number of aromatic nitrogens is 1. The van der Waals surface area contributed by atoms with Crippen molar-refractivity contribution in [1.82, 2.24) is 10.3 Å². The van der Waals surface area contributed by atoms with Gasteiger partial charge >= 0.3 is 0 Å². The first-order chi connectivity index (χ1) is 9.75. The Morgan fingerprint density at radius 3 is 2.60 bits per heavy atom. The van der Waals surface area contributed by atoms with Gasteiger partial charge in [-0.1, -0.05) is 36.4 Å². The Balaban J connectivity index is 1.75. The maximum Gasteiger partial charge on any atom is 0.249 e. The second kappa shape index (κ2) is 7.40. The molecule has 4 heteroatoms. The summed E-state index contributed by atoms with van der Waals surface area (Å²) >= 11 is 0. The highest BCUT2D eigenvalue weighted by Crippen LogP contribution is 2.05. The minimum atomic E-state index is -0.987.